The van der Waals surface area contributed by atoms with Crippen molar-refractivity contribution in [3.63, 3.8) is 0 Å². The van der Waals surface area contributed by atoms with Crippen LogP contribution in [0, 0.1) is 18.3 Å². The first-order valence-corrected chi connectivity index (χ1v) is 9.07. The van der Waals surface area contributed by atoms with Crippen LogP contribution in [0.5, 0.6) is 0 Å². The molecule has 23 heavy (non-hydrogen) atoms. The van der Waals surface area contributed by atoms with Gasteiger partial charge >= 0.3 is 5.97 Å². The molecule has 1 aliphatic carbocycles. The van der Waals surface area contributed by atoms with Crippen LogP contribution in [0.15, 0.2) is 15.4 Å². The lowest BCUT2D eigenvalue weighted by Crippen LogP contribution is -2.64. The Labute approximate surface area is 135 Å². The molecule has 1 aromatic heterocycles. The van der Waals surface area contributed by atoms with E-state index < -0.39 is 16.0 Å². The smallest absolute Gasteiger partial charge is 0.371 e. The molecule has 0 radical (unpaired) electrons. The van der Waals surface area contributed by atoms with Crippen LogP contribution in [0.25, 0.3) is 0 Å². The SMILES string of the molecule is COCC1(C2CCC2)CN(S(=O)(=O)c2cc(C(=O)O)oc2C)C1. The van der Waals surface area contributed by atoms with Crippen molar-refractivity contribution in [1.82, 2.24) is 4.31 Å². The first-order chi connectivity index (χ1) is 10.8. The molecule has 0 bridgehead atoms. The zero-order valence-electron chi connectivity index (χ0n) is 13.2. The molecule has 7 nitrogen and oxygen atoms in total. The summed E-state index contributed by atoms with van der Waals surface area (Å²) in [6.45, 7) is 2.85. The molecule has 1 saturated carbocycles. The molecule has 2 aliphatic rings. The minimum Gasteiger partial charge on any atom is -0.475 e. The topological polar surface area (TPSA) is 97.0 Å². The normalized spacial score (nSPS) is 21.7. The van der Waals surface area contributed by atoms with Gasteiger partial charge in [-0.25, -0.2) is 13.2 Å². The summed E-state index contributed by atoms with van der Waals surface area (Å²) in [6.07, 6.45) is 3.42. The Morgan fingerprint density at radius 2 is 2.13 bits per heavy atom. The highest BCUT2D eigenvalue weighted by molar-refractivity contribution is 7.89. The molecular formula is C15H21NO6S. The third-order valence-electron chi connectivity index (χ3n) is 5.09. The molecule has 1 N–H and O–H groups in total. The van der Waals surface area contributed by atoms with Gasteiger partial charge in [-0.15, -0.1) is 0 Å². The molecular weight excluding hydrogens is 322 g/mol. The molecule has 8 heteroatoms. The van der Waals surface area contributed by atoms with Crippen LogP contribution in [0.1, 0.15) is 35.6 Å². The Kier molecular flexibility index (Phi) is 4.02. The van der Waals surface area contributed by atoms with E-state index in [1.54, 1.807) is 7.11 Å². The second-order valence-electron chi connectivity index (χ2n) is 6.53. The van der Waals surface area contributed by atoms with Crippen molar-refractivity contribution in [3.8, 4) is 0 Å². The van der Waals surface area contributed by atoms with E-state index >= 15 is 0 Å². The quantitative estimate of drug-likeness (QED) is 0.845. The summed E-state index contributed by atoms with van der Waals surface area (Å²) in [5.74, 6) is -1.02. The number of nitrogens with zero attached hydrogens (tertiary/aromatic N) is 1. The first-order valence-electron chi connectivity index (χ1n) is 7.63. The van der Waals surface area contributed by atoms with Gasteiger partial charge in [0.2, 0.25) is 15.8 Å². The average Bonchev–Trinajstić information content (AvgIpc) is 2.76. The van der Waals surface area contributed by atoms with E-state index in [4.69, 9.17) is 14.3 Å². The van der Waals surface area contributed by atoms with E-state index in [1.807, 2.05) is 0 Å². The molecule has 0 aromatic carbocycles. The summed E-state index contributed by atoms with van der Waals surface area (Å²) in [5.41, 5.74) is -0.104. The van der Waals surface area contributed by atoms with Crippen LogP contribution in [0.2, 0.25) is 0 Å². The van der Waals surface area contributed by atoms with E-state index in [9.17, 15) is 13.2 Å². The van der Waals surface area contributed by atoms with Crippen molar-refractivity contribution < 1.29 is 27.5 Å². The Hall–Kier alpha value is -1.38. The Morgan fingerprint density at radius 3 is 2.57 bits per heavy atom. The lowest BCUT2D eigenvalue weighted by molar-refractivity contribution is -0.0801. The Morgan fingerprint density at radius 1 is 1.48 bits per heavy atom. The number of hydrogen-bond acceptors (Lipinski definition) is 5. The number of furan rings is 1. The number of aromatic carboxylic acids is 1. The van der Waals surface area contributed by atoms with Crippen LogP contribution >= 0.6 is 0 Å². The molecule has 0 amide bonds. The number of methoxy groups -OCH3 is 1. The van der Waals surface area contributed by atoms with E-state index in [0.29, 0.717) is 25.6 Å². The molecule has 0 atom stereocenters. The number of aryl methyl sites for hydroxylation is 1. The van der Waals surface area contributed by atoms with Crippen molar-refractivity contribution >= 4 is 16.0 Å². The molecule has 0 spiro atoms. The summed E-state index contributed by atoms with van der Waals surface area (Å²) < 4.78 is 37.2. The summed E-state index contributed by atoms with van der Waals surface area (Å²) in [5, 5.41) is 8.94. The van der Waals surface area contributed by atoms with Crippen LogP contribution in [-0.4, -0.2) is 50.6 Å². The van der Waals surface area contributed by atoms with Crippen LogP contribution < -0.4 is 0 Å². The van der Waals surface area contributed by atoms with E-state index in [-0.39, 0.29) is 21.8 Å². The maximum atomic E-state index is 12.7. The highest BCUT2D eigenvalue weighted by Gasteiger charge is 2.54. The predicted octanol–water partition coefficient (Wildman–Crippen LogP) is 1.72. The highest BCUT2D eigenvalue weighted by atomic mass is 32.2. The highest BCUT2D eigenvalue weighted by Crippen LogP contribution is 2.49. The van der Waals surface area contributed by atoms with E-state index in [0.717, 1.165) is 18.9 Å². The summed E-state index contributed by atoms with van der Waals surface area (Å²) in [7, 11) is -2.10. The standard InChI is InChI=1S/C15H21NO6S/c1-10-13(6-12(22-10)14(17)18)23(19,20)16-7-15(8-16,9-21-2)11-4-3-5-11/h6,11H,3-5,7-9H2,1-2H3,(H,17,18). The number of ether oxygens (including phenoxy) is 1. The van der Waals surface area contributed by atoms with Gasteiger partial charge in [-0.3, -0.25) is 0 Å². The maximum absolute atomic E-state index is 12.7. The molecule has 0 unspecified atom stereocenters. The molecule has 2 heterocycles. The minimum absolute atomic E-state index is 0.0606. The van der Waals surface area contributed by atoms with E-state index in [2.05, 4.69) is 0 Å². The Balaban J connectivity index is 1.81. The average molecular weight is 343 g/mol. The number of carboxylic acids is 1. The van der Waals surface area contributed by atoms with Gasteiger partial charge in [0.1, 0.15) is 10.7 Å². The van der Waals surface area contributed by atoms with Crippen LogP contribution in [0.3, 0.4) is 0 Å². The summed E-state index contributed by atoms with van der Waals surface area (Å²) in [6, 6.07) is 1.09. The number of carboxylic acid groups (broad SMARTS) is 1. The third-order valence-corrected chi connectivity index (χ3v) is 6.99. The van der Waals surface area contributed by atoms with Crippen LogP contribution in [-0.2, 0) is 14.8 Å². The van der Waals surface area contributed by atoms with Gasteiger partial charge in [0.25, 0.3) is 0 Å². The summed E-state index contributed by atoms with van der Waals surface area (Å²) >= 11 is 0. The van der Waals surface area contributed by atoms with E-state index in [1.165, 1.54) is 17.6 Å². The number of carbonyl (C=O) groups is 1. The third kappa shape index (κ3) is 2.58. The fourth-order valence-electron chi connectivity index (χ4n) is 3.57. The van der Waals surface area contributed by atoms with Crippen molar-refractivity contribution in [3.05, 3.63) is 17.6 Å². The lowest BCUT2D eigenvalue weighted by atomic mass is 9.62. The predicted molar refractivity (Wildman–Crippen MR) is 80.8 cm³/mol. The van der Waals surface area contributed by atoms with Crippen molar-refractivity contribution in [1.29, 1.82) is 0 Å². The van der Waals surface area contributed by atoms with Crippen molar-refractivity contribution in [2.24, 2.45) is 11.3 Å². The minimum atomic E-state index is -3.73. The number of sulfonamides is 1. The Bertz CT molecular complexity index is 712. The molecule has 1 saturated heterocycles. The van der Waals surface area contributed by atoms with Gasteiger partial charge < -0.3 is 14.3 Å². The molecule has 128 valence electrons. The summed E-state index contributed by atoms with van der Waals surface area (Å²) in [4.78, 5) is 10.9. The van der Waals surface area contributed by atoms with Crippen LogP contribution in [0.4, 0.5) is 0 Å². The number of rotatable bonds is 6. The number of hydrogen-bond donors (Lipinski definition) is 1. The monoisotopic (exact) mass is 343 g/mol. The van der Waals surface area contributed by atoms with Crippen molar-refractivity contribution in [2.75, 3.05) is 26.8 Å². The van der Waals surface area contributed by atoms with Gasteiger partial charge in [0.15, 0.2) is 0 Å². The largest absolute Gasteiger partial charge is 0.475 e. The molecule has 1 aliphatic heterocycles. The van der Waals surface area contributed by atoms with Gasteiger partial charge in [-0.05, 0) is 25.7 Å². The molecule has 2 fully saturated rings. The van der Waals surface area contributed by atoms with Gasteiger partial charge in [-0.1, -0.05) is 6.42 Å². The van der Waals surface area contributed by atoms with Gasteiger partial charge in [0, 0.05) is 31.7 Å². The fourth-order valence-corrected chi connectivity index (χ4v) is 5.36. The lowest BCUT2D eigenvalue weighted by Gasteiger charge is -2.55. The second kappa shape index (κ2) is 5.61. The van der Waals surface area contributed by atoms with Gasteiger partial charge in [-0.2, -0.15) is 4.31 Å². The zero-order valence-corrected chi connectivity index (χ0v) is 14.1. The van der Waals surface area contributed by atoms with Crippen molar-refractivity contribution in [2.45, 2.75) is 31.1 Å². The molecule has 3 rings (SSSR count). The van der Waals surface area contributed by atoms with Gasteiger partial charge in [0.05, 0.1) is 6.61 Å². The first kappa shape index (κ1) is 16.5. The molecule has 1 aromatic rings. The second-order valence-corrected chi connectivity index (χ2v) is 8.44. The zero-order chi connectivity index (χ0) is 16.8. The fraction of sp³-hybridized carbons (Fsp3) is 0.667. The maximum Gasteiger partial charge on any atom is 0.371 e.